The summed E-state index contributed by atoms with van der Waals surface area (Å²) in [6.07, 6.45) is 0. The van der Waals surface area contributed by atoms with Crippen LogP contribution in [0.25, 0.3) is 0 Å². The second-order valence-electron chi connectivity index (χ2n) is 8.85. The third kappa shape index (κ3) is 7.19. The van der Waals surface area contributed by atoms with Crippen molar-refractivity contribution in [2.45, 2.75) is 9.79 Å². The van der Waals surface area contributed by atoms with Crippen LogP contribution < -0.4 is 15.9 Å². The molecule has 0 unspecified atom stereocenters. The first-order valence-corrected chi connectivity index (χ1v) is 16.7. The van der Waals surface area contributed by atoms with Crippen molar-refractivity contribution in [3.8, 4) is 0 Å². The van der Waals surface area contributed by atoms with Crippen molar-refractivity contribution < 1.29 is 9.36 Å². The Morgan fingerprint density at radius 2 is 0.951 bits per heavy atom. The molecule has 0 spiro atoms. The van der Waals surface area contributed by atoms with Gasteiger partial charge in [-0.05, 0) is 60.7 Å². The molecule has 0 aliphatic rings. The average Bonchev–Trinajstić information content (AvgIpc) is 3.02. The second kappa shape index (κ2) is 13.7. The number of halogens is 2. The van der Waals surface area contributed by atoms with Crippen LogP contribution in [0.2, 0.25) is 10.0 Å². The molecule has 1 amide bonds. The van der Waals surface area contributed by atoms with E-state index in [0.29, 0.717) is 35.9 Å². The van der Waals surface area contributed by atoms with Crippen molar-refractivity contribution in [1.29, 1.82) is 0 Å². The van der Waals surface area contributed by atoms with Gasteiger partial charge in [0.2, 0.25) is 0 Å². The van der Waals surface area contributed by atoms with Crippen LogP contribution in [0.1, 0.15) is 10.4 Å². The minimum absolute atomic E-state index is 0.337. The van der Waals surface area contributed by atoms with Crippen LogP contribution in [-0.2, 0) is 4.57 Å². The molecule has 0 saturated heterocycles. The number of nitrogens with one attached hydrogen (secondary N) is 1. The van der Waals surface area contributed by atoms with Crippen LogP contribution in [0.4, 0.5) is 0 Å². The van der Waals surface area contributed by atoms with E-state index in [1.807, 2.05) is 115 Å². The summed E-state index contributed by atoms with van der Waals surface area (Å²) in [4.78, 5) is 15.5. The largest absolute Gasteiger partial charge is 0.317 e. The molecule has 5 aromatic rings. The number of amides is 1. The van der Waals surface area contributed by atoms with Gasteiger partial charge in [0.25, 0.3) is 5.91 Å². The highest BCUT2D eigenvalue weighted by Gasteiger charge is 2.36. The van der Waals surface area contributed by atoms with Gasteiger partial charge in [-0.25, -0.2) is 0 Å². The molecule has 1 N–H and O–H groups in total. The molecule has 0 aliphatic carbocycles. The molecule has 0 saturated carbocycles. The Hall–Kier alpha value is -3.18. The zero-order chi connectivity index (χ0) is 28.7. The third-order valence-electron chi connectivity index (χ3n) is 6.06. The van der Waals surface area contributed by atoms with Gasteiger partial charge in [-0.15, -0.1) is 0 Å². The van der Waals surface area contributed by atoms with Gasteiger partial charge in [0.15, 0.2) is 7.14 Å². The van der Waals surface area contributed by atoms with Gasteiger partial charge in [-0.2, -0.15) is 0 Å². The molecule has 0 bridgehead atoms. The maximum Gasteiger partial charge on any atom is 0.255 e. The number of carbonyl (C=O) groups is 1. The lowest BCUT2D eigenvalue weighted by molar-refractivity contribution is 0.0968. The van der Waals surface area contributed by atoms with E-state index < -0.39 is 7.14 Å². The first kappa shape index (κ1) is 29.3. The minimum atomic E-state index is -3.60. The van der Waals surface area contributed by atoms with E-state index in [2.05, 4.69) is 5.32 Å². The summed E-state index contributed by atoms with van der Waals surface area (Å²) in [5.74, 6) is -0.349. The highest BCUT2D eigenvalue weighted by Crippen LogP contribution is 2.57. The fourth-order valence-electron chi connectivity index (χ4n) is 4.05. The lowest BCUT2D eigenvalue weighted by Gasteiger charge is -2.26. The normalized spacial score (nSPS) is 11.1. The van der Waals surface area contributed by atoms with E-state index in [1.54, 1.807) is 24.3 Å². The molecule has 0 heterocycles. The molecule has 204 valence electrons. The van der Waals surface area contributed by atoms with Crippen molar-refractivity contribution in [1.82, 2.24) is 5.32 Å². The predicted octanol–water partition coefficient (Wildman–Crippen LogP) is 9.45. The number of hydrogen-bond donors (Lipinski definition) is 1. The first-order chi connectivity index (χ1) is 19.9. The van der Waals surface area contributed by atoms with Crippen molar-refractivity contribution in [3.63, 3.8) is 0 Å². The Morgan fingerprint density at radius 1 is 0.561 bits per heavy atom. The molecular formula is C33H24Cl2NO2PS2. The van der Waals surface area contributed by atoms with E-state index in [4.69, 9.17) is 23.2 Å². The SMILES string of the molecule is O=C(NC(=C(Sc1ccc(Cl)cc1)Sc1ccc(Cl)cc1)P(=O)(c1ccccc1)c1ccccc1)c1ccccc1. The van der Waals surface area contributed by atoms with E-state index in [9.17, 15) is 4.79 Å². The summed E-state index contributed by atoms with van der Waals surface area (Å²) in [6, 6.07) is 42.4. The quantitative estimate of drug-likeness (QED) is 0.130. The predicted molar refractivity (Wildman–Crippen MR) is 175 cm³/mol. The topological polar surface area (TPSA) is 46.2 Å². The fraction of sp³-hybridized carbons (Fsp3) is 0. The molecule has 0 radical (unpaired) electrons. The molecule has 5 rings (SSSR count). The zero-order valence-electron chi connectivity index (χ0n) is 21.6. The summed E-state index contributed by atoms with van der Waals surface area (Å²) >= 11 is 15.2. The molecule has 0 aliphatic heterocycles. The van der Waals surface area contributed by atoms with Gasteiger partial charge in [0, 0.05) is 36.0 Å². The molecule has 0 atom stereocenters. The standard InChI is InChI=1S/C33H24Cl2NO2PS2/c34-25-16-20-29(21-17-25)40-33(41-30-22-18-26(35)19-23-30)32(36-31(37)24-10-4-1-5-11-24)39(38,27-12-6-2-7-13-27)28-14-8-3-9-15-28/h1-23H,(H,36,37). The van der Waals surface area contributed by atoms with Gasteiger partial charge in [0.1, 0.15) is 5.44 Å². The van der Waals surface area contributed by atoms with Crippen LogP contribution >= 0.6 is 53.9 Å². The van der Waals surface area contributed by atoms with Crippen LogP contribution in [0, 0.1) is 0 Å². The van der Waals surface area contributed by atoms with Gasteiger partial charge < -0.3 is 9.88 Å². The summed E-state index contributed by atoms with van der Waals surface area (Å²) in [7, 11) is -3.60. The number of rotatable bonds is 9. The Bertz CT molecular complexity index is 1610. The van der Waals surface area contributed by atoms with E-state index >= 15 is 4.57 Å². The van der Waals surface area contributed by atoms with E-state index in [1.165, 1.54) is 23.5 Å². The summed E-state index contributed by atoms with van der Waals surface area (Å²) in [5.41, 5.74) is 0.800. The lowest BCUT2D eigenvalue weighted by Crippen LogP contribution is -2.30. The molecule has 3 nitrogen and oxygen atoms in total. The van der Waals surface area contributed by atoms with Gasteiger partial charge >= 0.3 is 0 Å². The highest BCUT2D eigenvalue weighted by molar-refractivity contribution is 8.22. The Kier molecular flexibility index (Phi) is 9.76. The summed E-state index contributed by atoms with van der Waals surface area (Å²) in [6.45, 7) is 0. The van der Waals surface area contributed by atoms with E-state index in [0.717, 1.165) is 9.79 Å². The Balaban J connectivity index is 1.77. The molecule has 5 aromatic carbocycles. The molecule has 8 heteroatoms. The maximum atomic E-state index is 15.7. The van der Waals surface area contributed by atoms with E-state index in [-0.39, 0.29) is 5.91 Å². The maximum absolute atomic E-state index is 15.7. The summed E-state index contributed by atoms with van der Waals surface area (Å²) < 4.78 is 16.3. The lowest BCUT2D eigenvalue weighted by atomic mass is 10.2. The second-order valence-corrected chi connectivity index (χ2v) is 14.8. The van der Waals surface area contributed by atoms with Crippen LogP contribution in [0.15, 0.2) is 159 Å². The Morgan fingerprint density at radius 3 is 1.37 bits per heavy atom. The van der Waals surface area contributed by atoms with Gasteiger partial charge in [0.05, 0.1) is 4.24 Å². The van der Waals surface area contributed by atoms with Crippen molar-refractivity contribution in [2.24, 2.45) is 0 Å². The van der Waals surface area contributed by atoms with Gasteiger partial charge in [-0.1, -0.05) is 126 Å². The van der Waals surface area contributed by atoms with Crippen molar-refractivity contribution in [3.05, 3.63) is 165 Å². The summed E-state index contributed by atoms with van der Waals surface area (Å²) in [5, 5.41) is 5.57. The monoisotopic (exact) mass is 631 g/mol. The third-order valence-corrected chi connectivity index (χ3v) is 12.2. The number of benzene rings is 5. The fourth-order valence-corrected chi connectivity index (χ4v) is 9.87. The molecule has 0 fully saturated rings. The van der Waals surface area contributed by atoms with Gasteiger partial charge in [-0.3, -0.25) is 4.79 Å². The van der Waals surface area contributed by atoms with Crippen LogP contribution in [0.3, 0.4) is 0 Å². The smallest absolute Gasteiger partial charge is 0.255 e. The number of thioether (sulfide) groups is 2. The Labute approximate surface area is 258 Å². The molecule has 0 aromatic heterocycles. The molecule has 41 heavy (non-hydrogen) atoms. The average molecular weight is 633 g/mol. The number of carbonyl (C=O) groups excluding carboxylic acids is 1. The van der Waals surface area contributed by atoms with Crippen LogP contribution in [-0.4, -0.2) is 5.91 Å². The number of hydrogen-bond acceptors (Lipinski definition) is 4. The van der Waals surface area contributed by atoms with Crippen molar-refractivity contribution in [2.75, 3.05) is 0 Å². The zero-order valence-corrected chi connectivity index (χ0v) is 25.7. The minimum Gasteiger partial charge on any atom is -0.317 e. The highest BCUT2D eigenvalue weighted by atomic mass is 35.5. The molecular weight excluding hydrogens is 608 g/mol. The first-order valence-electron chi connectivity index (χ1n) is 12.6. The van der Waals surface area contributed by atoms with Crippen molar-refractivity contribution >= 4 is 70.4 Å². The van der Waals surface area contributed by atoms with Crippen LogP contribution in [0.5, 0.6) is 0 Å².